The fourth-order valence-electron chi connectivity index (χ4n) is 1.79. The number of para-hydroxylation sites is 1. The molecule has 0 aliphatic rings. The van der Waals surface area contributed by atoms with Crippen LogP contribution in [0.15, 0.2) is 18.2 Å². The molecule has 6 nitrogen and oxygen atoms in total. The Balaban J connectivity index is 3.10. The van der Waals surface area contributed by atoms with Gasteiger partial charge in [0.05, 0.1) is 30.6 Å². The Morgan fingerprint density at radius 1 is 1.30 bits per heavy atom. The van der Waals surface area contributed by atoms with E-state index in [1.165, 1.54) is 12.0 Å². The Morgan fingerprint density at radius 2 is 1.95 bits per heavy atom. The molecule has 0 aromatic heterocycles. The van der Waals surface area contributed by atoms with Crippen LogP contribution in [-0.4, -0.2) is 51.1 Å². The average molecular weight is 279 g/mol. The molecule has 0 fully saturated rings. The van der Waals surface area contributed by atoms with Crippen LogP contribution in [-0.2, 0) is 9.53 Å². The van der Waals surface area contributed by atoms with E-state index < -0.39 is 5.97 Å². The third-order valence-electron chi connectivity index (χ3n) is 3.04. The number of anilines is 2. The molecule has 0 bridgehead atoms. The lowest BCUT2D eigenvalue weighted by atomic mass is 10.1. The maximum absolute atomic E-state index is 11.8. The Morgan fingerprint density at radius 3 is 2.45 bits per heavy atom. The van der Waals surface area contributed by atoms with Crippen LogP contribution in [0.4, 0.5) is 11.4 Å². The van der Waals surface area contributed by atoms with Gasteiger partial charge in [-0.25, -0.2) is 4.79 Å². The van der Waals surface area contributed by atoms with Crippen molar-refractivity contribution < 1.29 is 14.3 Å². The number of carbonyl (C=O) groups excluding carboxylic acids is 2. The molecular weight excluding hydrogens is 258 g/mol. The van der Waals surface area contributed by atoms with Gasteiger partial charge in [-0.15, -0.1) is 0 Å². The summed E-state index contributed by atoms with van der Waals surface area (Å²) < 4.78 is 4.69. The van der Waals surface area contributed by atoms with Gasteiger partial charge in [-0.1, -0.05) is 6.07 Å². The normalized spacial score (nSPS) is 10.0. The molecule has 0 atom stereocenters. The van der Waals surface area contributed by atoms with Gasteiger partial charge in [0.25, 0.3) is 0 Å². The van der Waals surface area contributed by atoms with Crippen LogP contribution in [0, 0.1) is 0 Å². The van der Waals surface area contributed by atoms with E-state index in [2.05, 4.69) is 0 Å². The zero-order valence-electron chi connectivity index (χ0n) is 12.3. The van der Waals surface area contributed by atoms with Crippen LogP contribution in [0.3, 0.4) is 0 Å². The number of carbonyl (C=O) groups is 2. The lowest BCUT2D eigenvalue weighted by Gasteiger charge is -2.26. The average Bonchev–Trinajstić information content (AvgIpc) is 2.44. The quantitative estimate of drug-likeness (QED) is 0.642. The number of benzene rings is 1. The van der Waals surface area contributed by atoms with Crippen molar-refractivity contribution in [3.8, 4) is 0 Å². The summed E-state index contributed by atoms with van der Waals surface area (Å²) in [4.78, 5) is 26.8. The molecule has 0 heterocycles. The van der Waals surface area contributed by atoms with Crippen LogP contribution in [0.2, 0.25) is 0 Å². The van der Waals surface area contributed by atoms with Gasteiger partial charge in [0.15, 0.2) is 0 Å². The topological polar surface area (TPSA) is 75.9 Å². The number of nitrogens with two attached hydrogens (primary N) is 1. The summed E-state index contributed by atoms with van der Waals surface area (Å²) >= 11 is 0. The number of hydrogen-bond acceptors (Lipinski definition) is 5. The predicted octanol–water partition coefficient (Wildman–Crippen LogP) is 0.970. The van der Waals surface area contributed by atoms with Gasteiger partial charge in [0, 0.05) is 20.6 Å². The minimum absolute atomic E-state index is 0.0327. The molecular formula is C14H21N3O3. The van der Waals surface area contributed by atoms with Crippen LogP contribution < -0.4 is 10.6 Å². The molecule has 110 valence electrons. The largest absolute Gasteiger partial charge is 0.465 e. The van der Waals surface area contributed by atoms with E-state index in [0.29, 0.717) is 23.5 Å². The first-order valence-corrected chi connectivity index (χ1v) is 6.34. The molecule has 0 saturated heterocycles. The number of amides is 1. The number of rotatable bonds is 5. The van der Waals surface area contributed by atoms with E-state index >= 15 is 0 Å². The summed E-state index contributed by atoms with van der Waals surface area (Å²) in [5.74, 6) is -0.519. The van der Waals surface area contributed by atoms with E-state index in [9.17, 15) is 9.59 Å². The smallest absolute Gasteiger partial charge is 0.340 e. The van der Waals surface area contributed by atoms with Crippen molar-refractivity contribution in [3.63, 3.8) is 0 Å². The first kappa shape index (κ1) is 15.8. The standard InChI is InChI=1S/C14H21N3O3/c1-5-17(9-12(18)16(2)3)11-8-6-7-10(13(11)15)14(19)20-4/h6-8H,5,9,15H2,1-4H3. The molecule has 2 N–H and O–H groups in total. The molecule has 1 aromatic rings. The highest BCUT2D eigenvalue weighted by atomic mass is 16.5. The second-order valence-electron chi connectivity index (χ2n) is 4.53. The Labute approximate surface area is 119 Å². The fraction of sp³-hybridized carbons (Fsp3) is 0.429. The summed E-state index contributed by atoms with van der Waals surface area (Å²) in [6.07, 6.45) is 0. The summed E-state index contributed by atoms with van der Waals surface area (Å²) in [5, 5.41) is 0. The highest BCUT2D eigenvalue weighted by Gasteiger charge is 2.18. The van der Waals surface area contributed by atoms with Gasteiger partial charge in [0.1, 0.15) is 0 Å². The zero-order chi connectivity index (χ0) is 15.3. The molecule has 6 heteroatoms. The van der Waals surface area contributed by atoms with Gasteiger partial charge < -0.3 is 20.3 Å². The van der Waals surface area contributed by atoms with E-state index in [0.717, 1.165) is 0 Å². The van der Waals surface area contributed by atoms with Crippen molar-refractivity contribution in [3.05, 3.63) is 23.8 Å². The maximum Gasteiger partial charge on any atom is 0.340 e. The number of methoxy groups -OCH3 is 1. The predicted molar refractivity (Wildman–Crippen MR) is 78.8 cm³/mol. The summed E-state index contributed by atoms with van der Waals surface area (Å²) in [5.41, 5.74) is 7.31. The molecule has 1 aromatic carbocycles. The van der Waals surface area contributed by atoms with Crippen molar-refractivity contribution in [1.82, 2.24) is 4.90 Å². The molecule has 1 amide bonds. The Bertz CT molecular complexity index is 500. The highest BCUT2D eigenvalue weighted by Crippen LogP contribution is 2.27. The number of nitrogens with zero attached hydrogens (tertiary/aromatic N) is 2. The van der Waals surface area contributed by atoms with Crippen LogP contribution in [0.25, 0.3) is 0 Å². The molecule has 0 spiro atoms. The molecule has 0 aliphatic carbocycles. The summed E-state index contributed by atoms with van der Waals surface area (Å²) in [7, 11) is 4.70. The first-order chi connectivity index (χ1) is 9.42. The maximum atomic E-state index is 11.8. The molecule has 1 rings (SSSR count). The molecule has 0 radical (unpaired) electrons. The fourth-order valence-corrected chi connectivity index (χ4v) is 1.79. The lowest BCUT2D eigenvalue weighted by Crippen LogP contribution is -2.37. The van der Waals surface area contributed by atoms with Crippen molar-refractivity contribution in [2.45, 2.75) is 6.92 Å². The van der Waals surface area contributed by atoms with E-state index in [-0.39, 0.29) is 12.5 Å². The van der Waals surface area contributed by atoms with Crippen molar-refractivity contribution in [1.29, 1.82) is 0 Å². The zero-order valence-corrected chi connectivity index (χ0v) is 12.3. The molecule has 20 heavy (non-hydrogen) atoms. The van der Waals surface area contributed by atoms with Gasteiger partial charge in [-0.05, 0) is 19.1 Å². The number of hydrogen-bond donors (Lipinski definition) is 1. The lowest BCUT2D eigenvalue weighted by molar-refractivity contribution is -0.127. The number of esters is 1. The first-order valence-electron chi connectivity index (χ1n) is 6.34. The third-order valence-corrected chi connectivity index (χ3v) is 3.04. The SMILES string of the molecule is CCN(CC(=O)N(C)C)c1cccc(C(=O)OC)c1N. The minimum Gasteiger partial charge on any atom is -0.465 e. The van der Waals surface area contributed by atoms with E-state index in [4.69, 9.17) is 10.5 Å². The minimum atomic E-state index is -0.487. The molecule has 0 aliphatic heterocycles. The van der Waals surface area contributed by atoms with Crippen molar-refractivity contribution >= 4 is 23.3 Å². The monoisotopic (exact) mass is 279 g/mol. The molecule has 0 unspecified atom stereocenters. The third kappa shape index (κ3) is 3.40. The van der Waals surface area contributed by atoms with Gasteiger partial charge in [-0.2, -0.15) is 0 Å². The van der Waals surface area contributed by atoms with Gasteiger partial charge in [-0.3, -0.25) is 4.79 Å². The second kappa shape index (κ2) is 6.79. The number of ether oxygens (including phenoxy) is 1. The molecule has 0 saturated carbocycles. The van der Waals surface area contributed by atoms with Crippen LogP contribution in [0.1, 0.15) is 17.3 Å². The number of likely N-dealkylation sites (N-methyl/N-ethyl adjacent to an activating group) is 2. The highest BCUT2D eigenvalue weighted by molar-refractivity contribution is 5.98. The Hall–Kier alpha value is -2.24. The summed E-state index contributed by atoms with van der Waals surface area (Å²) in [6, 6.07) is 5.11. The van der Waals surface area contributed by atoms with E-state index in [1.807, 2.05) is 11.8 Å². The van der Waals surface area contributed by atoms with E-state index in [1.54, 1.807) is 32.3 Å². The van der Waals surface area contributed by atoms with Crippen LogP contribution in [0.5, 0.6) is 0 Å². The second-order valence-corrected chi connectivity index (χ2v) is 4.53. The summed E-state index contributed by atoms with van der Waals surface area (Å²) in [6.45, 7) is 2.74. The number of nitrogen functional groups attached to an aromatic ring is 1. The van der Waals surface area contributed by atoms with Gasteiger partial charge in [0.2, 0.25) is 5.91 Å². The van der Waals surface area contributed by atoms with Gasteiger partial charge >= 0.3 is 5.97 Å². The Kier molecular flexibility index (Phi) is 5.37. The van der Waals surface area contributed by atoms with Crippen molar-refractivity contribution in [2.75, 3.05) is 44.9 Å². The van der Waals surface area contributed by atoms with Crippen molar-refractivity contribution in [2.24, 2.45) is 0 Å². The van der Waals surface area contributed by atoms with Crippen LogP contribution >= 0.6 is 0 Å².